The number of anilines is 3. The van der Waals surface area contributed by atoms with E-state index in [1.165, 1.54) is 0 Å². The number of nitrogens with one attached hydrogen (secondary N) is 2. The van der Waals surface area contributed by atoms with Gasteiger partial charge in [0.05, 0.1) is 24.9 Å². The van der Waals surface area contributed by atoms with Crippen molar-refractivity contribution in [1.29, 1.82) is 0 Å². The molecule has 0 unspecified atom stereocenters. The molecular formula is C19H21ClN2O3. The van der Waals surface area contributed by atoms with Crippen LogP contribution in [0.25, 0.3) is 0 Å². The summed E-state index contributed by atoms with van der Waals surface area (Å²) in [7, 11) is 3.15. The van der Waals surface area contributed by atoms with Gasteiger partial charge in [-0.3, -0.25) is 4.79 Å². The van der Waals surface area contributed by atoms with Crippen molar-refractivity contribution in [2.75, 3.05) is 24.9 Å². The molecule has 0 aliphatic heterocycles. The van der Waals surface area contributed by atoms with Crippen LogP contribution in [0, 0.1) is 5.92 Å². The predicted molar refractivity (Wildman–Crippen MR) is 100 cm³/mol. The van der Waals surface area contributed by atoms with Crippen LogP contribution in [-0.4, -0.2) is 20.1 Å². The molecular weight excluding hydrogens is 340 g/mol. The highest BCUT2D eigenvalue weighted by Gasteiger charge is 2.25. The molecule has 2 aromatic rings. The summed E-state index contributed by atoms with van der Waals surface area (Å²) >= 11 is 6.12. The Bertz CT molecular complexity index is 758. The monoisotopic (exact) mass is 360 g/mol. The molecule has 1 saturated carbocycles. The van der Waals surface area contributed by atoms with Crippen molar-refractivity contribution in [2.24, 2.45) is 5.92 Å². The maximum Gasteiger partial charge on any atom is 0.227 e. The van der Waals surface area contributed by atoms with Gasteiger partial charge in [0, 0.05) is 29.4 Å². The Morgan fingerprint density at radius 3 is 2.24 bits per heavy atom. The number of benzene rings is 2. The fourth-order valence-corrected chi connectivity index (χ4v) is 2.90. The number of rotatable bonds is 6. The first-order valence-corrected chi connectivity index (χ1v) is 8.58. The number of hydrogen-bond acceptors (Lipinski definition) is 4. The van der Waals surface area contributed by atoms with E-state index in [4.69, 9.17) is 21.1 Å². The van der Waals surface area contributed by atoms with Gasteiger partial charge in [-0.1, -0.05) is 18.0 Å². The van der Waals surface area contributed by atoms with Crippen molar-refractivity contribution in [2.45, 2.75) is 19.3 Å². The van der Waals surface area contributed by atoms with Crippen molar-refractivity contribution in [1.82, 2.24) is 0 Å². The van der Waals surface area contributed by atoms with Gasteiger partial charge in [-0.15, -0.1) is 0 Å². The van der Waals surface area contributed by atoms with Crippen molar-refractivity contribution in [3.8, 4) is 11.5 Å². The Kier molecular flexibility index (Phi) is 5.34. The topological polar surface area (TPSA) is 59.6 Å². The van der Waals surface area contributed by atoms with Gasteiger partial charge in [-0.25, -0.2) is 0 Å². The molecule has 3 rings (SSSR count). The fourth-order valence-electron chi connectivity index (χ4n) is 2.67. The maximum atomic E-state index is 12.0. The number of hydrogen-bond donors (Lipinski definition) is 2. The molecule has 0 aromatic heterocycles. The van der Waals surface area contributed by atoms with Gasteiger partial charge in [0.15, 0.2) is 0 Å². The van der Waals surface area contributed by atoms with Gasteiger partial charge >= 0.3 is 0 Å². The first-order valence-electron chi connectivity index (χ1n) is 8.20. The minimum Gasteiger partial charge on any atom is -0.495 e. The number of halogens is 1. The molecule has 0 radical (unpaired) electrons. The molecule has 25 heavy (non-hydrogen) atoms. The smallest absolute Gasteiger partial charge is 0.227 e. The van der Waals surface area contributed by atoms with E-state index in [9.17, 15) is 4.79 Å². The summed E-state index contributed by atoms with van der Waals surface area (Å²) in [5, 5.41) is 6.71. The highest BCUT2D eigenvalue weighted by molar-refractivity contribution is 6.32. The van der Waals surface area contributed by atoms with E-state index in [0.29, 0.717) is 16.5 Å². The molecule has 0 atom stereocenters. The minimum absolute atomic E-state index is 0.107. The molecule has 6 heteroatoms. The lowest BCUT2D eigenvalue weighted by atomic mass is 9.85. The van der Waals surface area contributed by atoms with Crippen LogP contribution in [0.2, 0.25) is 5.02 Å². The van der Waals surface area contributed by atoms with Crippen LogP contribution in [0.3, 0.4) is 0 Å². The number of methoxy groups -OCH3 is 2. The second-order valence-electron chi connectivity index (χ2n) is 6.01. The number of amides is 1. The van der Waals surface area contributed by atoms with Crippen LogP contribution in [0.15, 0.2) is 36.4 Å². The number of carbonyl (C=O) groups excluding carboxylic acids is 1. The molecule has 0 spiro atoms. The zero-order chi connectivity index (χ0) is 17.8. The predicted octanol–water partition coefficient (Wildman–Crippen LogP) is 4.84. The molecule has 1 aliphatic rings. The Morgan fingerprint density at radius 2 is 1.68 bits per heavy atom. The minimum atomic E-state index is 0.107. The van der Waals surface area contributed by atoms with Crippen LogP contribution < -0.4 is 20.1 Å². The Labute approximate surface area is 152 Å². The van der Waals surface area contributed by atoms with Crippen LogP contribution in [0.5, 0.6) is 11.5 Å². The van der Waals surface area contributed by atoms with Gasteiger partial charge in [0.2, 0.25) is 5.91 Å². The first-order chi connectivity index (χ1) is 12.1. The lowest BCUT2D eigenvalue weighted by molar-refractivity contribution is -0.122. The van der Waals surface area contributed by atoms with E-state index in [0.717, 1.165) is 36.3 Å². The summed E-state index contributed by atoms with van der Waals surface area (Å²) in [5.74, 6) is 1.46. The zero-order valence-corrected chi connectivity index (χ0v) is 15.0. The molecule has 2 aromatic carbocycles. The average molecular weight is 361 g/mol. The Hall–Kier alpha value is -2.40. The van der Waals surface area contributed by atoms with Crippen molar-refractivity contribution >= 4 is 34.6 Å². The largest absolute Gasteiger partial charge is 0.495 e. The third-order valence-corrected chi connectivity index (χ3v) is 4.68. The van der Waals surface area contributed by atoms with Gasteiger partial charge in [0.1, 0.15) is 11.5 Å². The maximum absolute atomic E-state index is 12.0. The highest BCUT2D eigenvalue weighted by Crippen LogP contribution is 2.37. The van der Waals surface area contributed by atoms with E-state index in [-0.39, 0.29) is 11.8 Å². The third kappa shape index (κ3) is 3.99. The SMILES string of the molecule is COc1cc(Nc2ccc(NC(=O)C3CCC3)cc2)c(OC)cc1Cl. The number of ether oxygens (including phenoxy) is 2. The highest BCUT2D eigenvalue weighted by atomic mass is 35.5. The first kappa shape index (κ1) is 17.4. The quantitative estimate of drug-likeness (QED) is 0.773. The summed E-state index contributed by atoms with van der Waals surface area (Å²) < 4.78 is 10.6. The van der Waals surface area contributed by atoms with E-state index in [1.807, 2.05) is 24.3 Å². The molecule has 1 amide bonds. The molecule has 0 saturated heterocycles. The standard InChI is InChI=1S/C19H21ClN2O3/c1-24-17-11-16(18(25-2)10-15(17)20)21-13-6-8-14(9-7-13)22-19(23)12-4-3-5-12/h6-12,21H,3-5H2,1-2H3,(H,22,23). The third-order valence-electron chi connectivity index (χ3n) is 4.38. The van der Waals surface area contributed by atoms with Crippen LogP contribution >= 0.6 is 11.6 Å². The molecule has 0 bridgehead atoms. The van der Waals surface area contributed by atoms with Gasteiger partial charge in [-0.05, 0) is 37.1 Å². The molecule has 2 N–H and O–H groups in total. The summed E-state index contributed by atoms with van der Waals surface area (Å²) in [4.78, 5) is 12.0. The van der Waals surface area contributed by atoms with E-state index < -0.39 is 0 Å². The summed E-state index contributed by atoms with van der Waals surface area (Å²) in [5.41, 5.74) is 2.41. The van der Waals surface area contributed by atoms with Crippen molar-refractivity contribution in [3.63, 3.8) is 0 Å². The van der Waals surface area contributed by atoms with E-state index in [2.05, 4.69) is 10.6 Å². The molecule has 132 valence electrons. The molecule has 5 nitrogen and oxygen atoms in total. The zero-order valence-electron chi connectivity index (χ0n) is 14.3. The second-order valence-corrected chi connectivity index (χ2v) is 6.41. The molecule has 1 fully saturated rings. The second kappa shape index (κ2) is 7.66. The summed E-state index contributed by atoms with van der Waals surface area (Å²) in [6.07, 6.45) is 3.13. The summed E-state index contributed by atoms with van der Waals surface area (Å²) in [6.45, 7) is 0. The van der Waals surface area contributed by atoms with Gasteiger partial charge in [-0.2, -0.15) is 0 Å². The fraction of sp³-hybridized carbons (Fsp3) is 0.316. The lowest BCUT2D eigenvalue weighted by Gasteiger charge is -2.24. The summed E-state index contributed by atoms with van der Waals surface area (Å²) in [6, 6.07) is 11.0. The van der Waals surface area contributed by atoms with E-state index in [1.54, 1.807) is 26.4 Å². The van der Waals surface area contributed by atoms with Crippen LogP contribution in [0.1, 0.15) is 19.3 Å². The Morgan fingerprint density at radius 1 is 1.04 bits per heavy atom. The van der Waals surface area contributed by atoms with Gasteiger partial charge in [0.25, 0.3) is 0 Å². The average Bonchev–Trinajstić information content (AvgIpc) is 2.56. The molecule has 0 heterocycles. The normalized spacial score (nSPS) is 13.7. The van der Waals surface area contributed by atoms with Crippen LogP contribution in [0.4, 0.5) is 17.1 Å². The lowest BCUT2D eigenvalue weighted by Crippen LogP contribution is -2.27. The van der Waals surface area contributed by atoms with E-state index >= 15 is 0 Å². The van der Waals surface area contributed by atoms with Crippen molar-refractivity contribution in [3.05, 3.63) is 41.4 Å². The molecule has 1 aliphatic carbocycles. The Balaban J connectivity index is 1.71. The van der Waals surface area contributed by atoms with Gasteiger partial charge < -0.3 is 20.1 Å². The van der Waals surface area contributed by atoms with Crippen molar-refractivity contribution < 1.29 is 14.3 Å². The van der Waals surface area contributed by atoms with Crippen LogP contribution in [-0.2, 0) is 4.79 Å². The number of carbonyl (C=O) groups is 1.